The van der Waals surface area contributed by atoms with Gasteiger partial charge in [-0.05, 0) is 31.7 Å². The lowest BCUT2D eigenvalue weighted by Crippen LogP contribution is -2.34. The molecule has 2 nitrogen and oxygen atoms in total. The summed E-state index contributed by atoms with van der Waals surface area (Å²) in [7, 11) is 0. The highest BCUT2D eigenvalue weighted by Gasteiger charge is 2.25. The molecule has 0 aromatic carbocycles. The molecule has 0 aromatic heterocycles. The Morgan fingerprint density at radius 3 is 2.67 bits per heavy atom. The fourth-order valence-electron chi connectivity index (χ4n) is 2.54. The first-order valence-electron chi connectivity index (χ1n) is 6.72. The van der Waals surface area contributed by atoms with Crippen molar-refractivity contribution in [1.82, 2.24) is 5.32 Å². The first-order valence-corrected chi connectivity index (χ1v) is 6.72. The van der Waals surface area contributed by atoms with Crippen molar-refractivity contribution in [3.05, 3.63) is 0 Å². The van der Waals surface area contributed by atoms with E-state index < -0.39 is 0 Å². The number of hydrogen-bond acceptors (Lipinski definition) is 2. The van der Waals surface area contributed by atoms with Gasteiger partial charge in [-0.25, -0.2) is 0 Å². The van der Waals surface area contributed by atoms with E-state index in [1.807, 2.05) is 0 Å². The summed E-state index contributed by atoms with van der Waals surface area (Å²) >= 11 is 0. The lowest BCUT2D eigenvalue weighted by atomic mass is 10.0. The van der Waals surface area contributed by atoms with Crippen molar-refractivity contribution < 1.29 is 5.11 Å². The average Bonchev–Trinajstić information content (AvgIpc) is 2.70. The number of unbranched alkanes of at least 4 members (excludes halogenated alkanes) is 4. The van der Waals surface area contributed by atoms with E-state index in [2.05, 4.69) is 12.2 Å². The highest BCUT2D eigenvalue weighted by Crippen LogP contribution is 2.24. The predicted octanol–water partition coefficient (Wildman–Crippen LogP) is 2.71. The molecule has 0 aromatic rings. The minimum atomic E-state index is 0.369. The van der Waals surface area contributed by atoms with E-state index in [0.717, 1.165) is 6.54 Å². The van der Waals surface area contributed by atoms with Crippen molar-refractivity contribution in [1.29, 1.82) is 0 Å². The fraction of sp³-hybridized carbons (Fsp3) is 1.00. The van der Waals surface area contributed by atoms with Crippen LogP contribution in [0.5, 0.6) is 0 Å². The predicted molar refractivity (Wildman–Crippen MR) is 65.0 cm³/mol. The van der Waals surface area contributed by atoms with Gasteiger partial charge in [0.25, 0.3) is 0 Å². The summed E-state index contributed by atoms with van der Waals surface area (Å²) in [6.45, 7) is 3.76. The molecule has 2 atom stereocenters. The van der Waals surface area contributed by atoms with Crippen LogP contribution in [0.1, 0.15) is 58.3 Å². The second-order valence-corrected chi connectivity index (χ2v) is 4.85. The van der Waals surface area contributed by atoms with Gasteiger partial charge in [0, 0.05) is 12.6 Å². The van der Waals surface area contributed by atoms with Gasteiger partial charge in [-0.2, -0.15) is 0 Å². The van der Waals surface area contributed by atoms with Gasteiger partial charge < -0.3 is 10.4 Å². The highest BCUT2D eigenvalue weighted by atomic mass is 16.3. The lowest BCUT2D eigenvalue weighted by Gasteiger charge is -2.18. The van der Waals surface area contributed by atoms with E-state index in [1.54, 1.807) is 0 Å². The molecule has 0 amide bonds. The zero-order valence-electron chi connectivity index (χ0n) is 10.2. The smallest absolute Gasteiger partial charge is 0.0474 e. The van der Waals surface area contributed by atoms with Crippen molar-refractivity contribution in [2.45, 2.75) is 64.3 Å². The van der Waals surface area contributed by atoms with Crippen LogP contribution in [0.4, 0.5) is 0 Å². The van der Waals surface area contributed by atoms with Crippen LogP contribution < -0.4 is 5.32 Å². The molecule has 1 aliphatic carbocycles. The maximum absolute atomic E-state index is 9.17. The molecule has 1 rings (SSSR count). The first kappa shape index (κ1) is 13.0. The molecule has 2 heteroatoms. The third-order valence-corrected chi connectivity index (χ3v) is 3.58. The van der Waals surface area contributed by atoms with E-state index in [0.29, 0.717) is 18.6 Å². The number of aliphatic hydroxyl groups is 1. The summed E-state index contributed by atoms with van der Waals surface area (Å²) in [5.41, 5.74) is 0. The molecular formula is C13H27NO. The zero-order valence-corrected chi connectivity index (χ0v) is 10.2. The molecule has 0 radical (unpaired) electrons. The standard InChI is InChI=1S/C13H27NO/c1-2-3-4-5-6-10-14-13-9-7-8-12(13)11-15/h12-15H,2-11H2,1H3. The van der Waals surface area contributed by atoms with Gasteiger partial charge in [0.05, 0.1) is 0 Å². The van der Waals surface area contributed by atoms with Gasteiger partial charge in [-0.3, -0.25) is 0 Å². The van der Waals surface area contributed by atoms with Crippen molar-refractivity contribution >= 4 is 0 Å². The monoisotopic (exact) mass is 213 g/mol. The Balaban J connectivity index is 1.95. The summed E-state index contributed by atoms with van der Waals surface area (Å²) in [5, 5.41) is 12.8. The van der Waals surface area contributed by atoms with Gasteiger partial charge in [0.15, 0.2) is 0 Å². The number of hydrogen-bond donors (Lipinski definition) is 2. The summed E-state index contributed by atoms with van der Waals surface area (Å²) in [5.74, 6) is 0.528. The van der Waals surface area contributed by atoms with Crippen LogP contribution >= 0.6 is 0 Å². The van der Waals surface area contributed by atoms with Crippen LogP contribution in [0, 0.1) is 5.92 Å². The highest BCUT2D eigenvalue weighted by molar-refractivity contribution is 4.82. The molecule has 0 aliphatic heterocycles. The van der Waals surface area contributed by atoms with Crippen LogP contribution in [-0.4, -0.2) is 24.3 Å². The van der Waals surface area contributed by atoms with E-state index >= 15 is 0 Å². The van der Waals surface area contributed by atoms with Crippen LogP contribution in [0.3, 0.4) is 0 Å². The Hall–Kier alpha value is -0.0800. The molecule has 0 heterocycles. The molecular weight excluding hydrogens is 186 g/mol. The molecule has 1 aliphatic rings. The van der Waals surface area contributed by atoms with Crippen LogP contribution in [0.25, 0.3) is 0 Å². The number of rotatable bonds is 8. The molecule has 0 spiro atoms. The lowest BCUT2D eigenvalue weighted by molar-refractivity contribution is 0.205. The molecule has 2 N–H and O–H groups in total. The van der Waals surface area contributed by atoms with E-state index in [9.17, 15) is 0 Å². The SMILES string of the molecule is CCCCCCCNC1CCCC1CO. The van der Waals surface area contributed by atoms with Crippen LogP contribution in [0.15, 0.2) is 0 Å². The van der Waals surface area contributed by atoms with Gasteiger partial charge in [0.2, 0.25) is 0 Å². The van der Waals surface area contributed by atoms with Crippen molar-refractivity contribution in [2.75, 3.05) is 13.2 Å². The Morgan fingerprint density at radius 1 is 1.13 bits per heavy atom. The summed E-state index contributed by atoms with van der Waals surface area (Å²) in [4.78, 5) is 0. The van der Waals surface area contributed by atoms with Crippen LogP contribution in [-0.2, 0) is 0 Å². The van der Waals surface area contributed by atoms with Crippen molar-refractivity contribution in [3.63, 3.8) is 0 Å². The van der Waals surface area contributed by atoms with E-state index in [4.69, 9.17) is 5.11 Å². The largest absolute Gasteiger partial charge is 0.396 e. The van der Waals surface area contributed by atoms with Gasteiger partial charge in [-0.1, -0.05) is 39.0 Å². The van der Waals surface area contributed by atoms with E-state index in [-0.39, 0.29) is 0 Å². The summed E-state index contributed by atoms with van der Waals surface area (Å²) in [6.07, 6.45) is 10.5. The quantitative estimate of drug-likeness (QED) is 0.608. The maximum Gasteiger partial charge on any atom is 0.0474 e. The third kappa shape index (κ3) is 4.98. The van der Waals surface area contributed by atoms with Crippen molar-refractivity contribution in [2.24, 2.45) is 5.92 Å². The molecule has 0 bridgehead atoms. The number of aliphatic hydroxyl groups excluding tert-OH is 1. The van der Waals surface area contributed by atoms with Gasteiger partial charge in [0.1, 0.15) is 0 Å². The Morgan fingerprint density at radius 2 is 1.93 bits per heavy atom. The Labute approximate surface area is 94.5 Å². The first-order chi connectivity index (χ1) is 7.38. The number of nitrogens with one attached hydrogen (secondary N) is 1. The molecule has 90 valence electrons. The van der Waals surface area contributed by atoms with E-state index in [1.165, 1.54) is 51.4 Å². The van der Waals surface area contributed by atoms with Gasteiger partial charge in [-0.15, -0.1) is 0 Å². The Kier molecular flexibility index (Phi) is 7.03. The van der Waals surface area contributed by atoms with Crippen LogP contribution in [0.2, 0.25) is 0 Å². The topological polar surface area (TPSA) is 32.3 Å². The third-order valence-electron chi connectivity index (χ3n) is 3.58. The Bertz CT molecular complexity index is 149. The molecule has 1 saturated carbocycles. The molecule has 1 fully saturated rings. The zero-order chi connectivity index (χ0) is 10.9. The fourth-order valence-corrected chi connectivity index (χ4v) is 2.54. The second-order valence-electron chi connectivity index (χ2n) is 4.85. The minimum Gasteiger partial charge on any atom is -0.396 e. The molecule has 2 unspecified atom stereocenters. The molecule has 0 saturated heterocycles. The van der Waals surface area contributed by atoms with Crippen molar-refractivity contribution in [3.8, 4) is 0 Å². The summed E-state index contributed by atoms with van der Waals surface area (Å²) in [6, 6.07) is 0.598. The average molecular weight is 213 g/mol. The normalized spacial score (nSPS) is 26.0. The second kappa shape index (κ2) is 8.12. The summed E-state index contributed by atoms with van der Waals surface area (Å²) < 4.78 is 0. The minimum absolute atomic E-state index is 0.369. The maximum atomic E-state index is 9.17. The van der Waals surface area contributed by atoms with Gasteiger partial charge >= 0.3 is 0 Å². The molecule has 15 heavy (non-hydrogen) atoms.